The van der Waals surface area contributed by atoms with E-state index < -0.39 is 22.9 Å². The third-order valence-corrected chi connectivity index (χ3v) is 5.72. The predicted molar refractivity (Wildman–Crippen MR) is 113 cm³/mol. The fourth-order valence-corrected chi connectivity index (χ4v) is 3.99. The average Bonchev–Trinajstić information content (AvgIpc) is 3.25. The normalized spacial score (nSPS) is 13.1. The van der Waals surface area contributed by atoms with Crippen LogP contribution >= 0.6 is 11.6 Å². The molecule has 10 heteroatoms. The van der Waals surface area contributed by atoms with Crippen molar-refractivity contribution in [2.75, 3.05) is 0 Å². The molecule has 1 atom stereocenters. The Balaban J connectivity index is 1.95. The second kappa shape index (κ2) is 9.05. The molecule has 3 aromatic rings. The topological polar surface area (TPSA) is 52.7 Å². The van der Waals surface area contributed by atoms with Crippen molar-refractivity contribution in [1.29, 1.82) is 0 Å². The summed E-state index contributed by atoms with van der Waals surface area (Å²) in [5.41, 5.74) is 0.955. The van der Waals surface area contributed by atoms with Crippen LogP contribution in [0, 0.1) is 12.7 Å². The van der Waals surface area contributed by atoms with E-state index in [0.29, 0.717) is 11.3 Å². The van der Waals surface area contributed by atoms with Crippen LogP contribution in [0.3, 0.4) is 0 Å². The van der Waals surface area contributed by atoms with Crippen molar-refractivity contribution in [3.63, 3.8) is 0 Å². The van der Waals surface area contributed by atoms with Crippen LogP contribution in [-0.2, 0) is 17.4 Å². The summed E-state index contributed by atoms with van der Waals surface area (Å²) in [7, 11) is 0. The highest BCUT2D eigenvalue weighted by Crippen LogP contribution is 2.37. The van der Waals surface area contributed by atoms with Gasteiger partial charge in [-0.25, -0.2) is 9.07 Å². The van der Waals surface area contributed by atoms with Crippen molar-refractivity contribution in [1.82, 2.24) is 19.6 Å². The zero-order valence-electron chi connectivity index (χ0n) is 18.0. The van der Waals surface area contributed by atoms with Crippen molar-refractivity contribution >= 4 is 17.4 Å². The number of hydrogen-bond donors (Lipinski definition) is 0. The fourth-order valence-electron chi connectivity index (χ4n) is 3.76. The molecule has 0 radical (unpaired) electrons. The minimum atomic E-state index is -4.71. The monoisotopic (exact) mass is 470 g/mol. The summed E-state index contributed by atoms with van der Waals surface area (Å²) in [5.74, 6) is -0.688. The maximum absolute atomic E-state index is 13.3. The summed E-state index contributed by atoms with van der Waals surface area (Å²) in [5, 5.41) is 7.48. The quantitative estimate of drug-likeness (QED) is 0.393. The van der Waals surface area contributed by atoms with Gasteiger partial charge in [-0.05, 0) is 43.5 Å². The third-order valence-electron chi connectivity index (χ3n) is 5.27. The summed E-state index contributed by atoms with van der Waals surface area (Å²) in [6.07, 6.45) is -2.94. The molecular weight excluding hydrogens is 448 g/mol. The van der Waals surface area contributed by atoms with E-state index in [2.05, 4.69) is 10.2 Å². The number of aromatic nitrogens is 4. The van der Waals surface area contributed by atoms with Crippen LogP contribution in [0.25, 0.3) is 5.69 Å². The number of ketones is 1. The van der Waals surface area contributed by atoms with Gasteiger partial charge in [-0.15, -0.1) is 0 Å². The molecule has 1 aromatic carbocycles. The highest BCUT2D eigenvalue weighted by Gasteiger charge is 2.39. The molecule has 2 aromatic heterocycles. The van der Waals surface area contributed by atoms with Crippen molar-refractivity contribution in [3.05, 3.63) is 63.9 Å². The van der Waals surface area contributed by atoms with Crippen LogP contribution in [0.15, 0.2) is 30.5 Å². The van der Waals surface area contributed by atoms with Crippen LogP contribution in [0.1, 0.15) is 61.8 Å². The summed E-state index contributed by atoms with van der Waals surface area (Å²) in [6, 6.07) is 4.91. The Morgan fingerprint density at radius 3 is 2.31 bits per heavy atom. The number of rotatable bonds is 7. The Bertz CT molecular complexity index is 1120. The summed E-state index contributed by atoms with van der Waals surface area (Å²) < 4.78 is 55.6. The van der Waals surface area contributed by atoms with Gasteiger partial charge in [-0.3, -0.25) is 9.48 Å². The molecular formula is C22H23ClF4N4O. The molecule has 0 fully saturated rings. The van der Waals surface area contributed by atoms with Gasteiger partial charge in [0.2, 0.25) is 0 Å². The van der Waals surface area contributed by atoms with Crippen molar-refractivity contribution < 1.29 is 22.4 Å². The molecule has 32 heavy (non-hydrogen) atoms. The van der Waals surface area contributed by atoms with E-state index in [1.807, 2.05) is 13.8 Å². The molecule has 0 saturated heterocycles. The van der Waals surface area contributed by atoms with Crippen LogP contribution in [-0.4, -0.2) is 25.3 Å². The molecule has 0 amide bonds. The van der Waals surface area contributed by atoms with Gasteiger partial charge < -0.3 is 0 Å². The number of hydrogen-bond acceptors (Lipinski definition) is 3. The Hall–Kier alpha value is -2.68. The Morgan fingerprint density at radius 2 is 1.81 bits per heavy atom. The fraction of sp³-hybridized carbons (Fsp3) is 0.409. The molecule has 0 N–H and O–H groups in total. The van der Waals surface area contributed by atoms with Crippen LogP contribution in [0.5, 0.6) is 0 Å². The Labute approximate surface area is 188 Å². The lowest BCUT2D eigenvalue weighted by Crippen LogP contribution is -2.24. The molecule has 1 unspecified atom stereocenters. The number of nitrogens with zero attached hydrogens (tertiary/aromatic N) is 4. The van der Waals surface area contributed by atoms with Crippen LogP contribution in [0.2, 0.25) is 5.02 Å². The van der Waals surface area contributed by atoms with Gasteiger partial charge in [0.1, 0.15) is 11.9 Å². The number of carbonyl (C=O) groups excluding carboxylic acids is 1. The largest absolute Gasteiger partial charge is 0.436 e. The molecule has 0 saturated carbocycles. The van der Waals surface area contributed by atoms with Gasteiger partial charge in [0.15, 0.2) is 11.5 Å². The van der Waals surface area contributed by atoms with Crippen LogP contribution < -0.4 is 0 Å². The first-order chi connectivity index (χ1) is 15.0. The molecule has 0 bridgehead atoms. The molecule has 5 nitrogen and oxygen atoms in total. The van der Waals surface area contributed by atoms with E-state index in [0.717, 1.165) is 10.4 Å². The summed E-state index contributed by atoms with van der Waals surface area (Å²) >= 11 is 5.86. The van der Waals surface area contributed by atoms with Crippen molar-refractivity contribution in [2.24, 2.45) is 0 Å². The second-order valence-corrected chi connectivity index (χ2v) is 8.23. The van der Waals surface area contributed by atoms with Gasteiger partial charge in [0.05, 0.1) is 28.3 Å². The standard InChI is InChI=1S/C22H23ClF4N4O/c1-5-17(30-13(4)19(23)21(29-30)22(25,26)27)18(32)10-14-11-28-31(20(14)12(2)3)16-8-6-15(24)7-9-16/h6-9,11-12,17H,5,10H2,1-4H3. The minimum absolute atomic E-state index is 0.0110. The molecule has 0 aliphatic rings. The SMILES string of the molecule is CCC(C(=O)Cc1cnn(-c2ccc(F)cc2)c1C(C)C)n1nc(C(F)(F)F)c(Cl)c1C. The number of alkyl halides is 3. The highest BCUT2D eigenvalue weighted by atomic mass is 35.5. The summed E-state index contributed by atoms with van der Waals surface area (Å²) in [6.45, 7) is 6.99. The van der Waals surface area contributed by atoms with Gasteiger partial charge in [0.25, 0.3) is 0 Å². The summed E-state index contributed by atoms with van der Waals surface area (Å²) in [4.78, 5) is 13.2. The number of carbonyl (C=O) groups is 1. The Morgan fingerprint density at radius 1 is 1.19 bits per heavy atom. The van der Waals surface area contributed by atoms with Gasteiger partial charge in [0, 0.05) is 12.0 Å². The van der Waals surface area contributed by atoms with E-state index in [1.54, 1.807) is 29.9 Å². The molecule has 3 rings (SSSR count). The number of benzene rings is 1. The first kappa shape index (κ1) is 24.0. The maximum Gasteiger partial charge on any atom is 0.436 e. The van der Waals surface area contributed by atoms with Crippen LogP contribution in [0.4, 0.5) is 17.6 Å². The third kappa shape index (κ3) is 4.57. The van der Waals surface area contributed by atoms with E-state index in [1.165, 1.54) is 19.1 Å². The number of Topliss-reactive ketones (excluding diaryl/α,β-unsaturated/α-hetero) is 1. The minimum Gasteiger partial charge on any atom is -0.297 e. The van der Waals surface area contributed by atoms with E-state index in [4.69, 9.17) is 11.6 Å². The lowest BCUT2D eigenvalue weighted by Gasteiger charge is -2.18. The number of halogens is 5. The van der Waals surface area contributed by atoms with E-state index in [-0.39, 0.29) is 36.1 Å². The first-order valence-electron chi connectivity index (χ1n) is 10.1. The lowest BCUT2D eigenvalue weighted by molar-refractivity contribution is -0.141. The van der Waals surface area contributed by atoms with Gasteiger partial charge >= 0.3 is 6.18 Å². The van der Waals surface area contributed by atoms with Crippen molar-refractivity contribution in [3.8, 4) is 5.69 Å². The molecule has 0 spiro atoms. The zero-order valence-corrected chi connectivity index (χ0v) is 18.8. The molecule has 0 aliphatic heterocycles. The Kier molecular flexibility index (Phi) is 6.78. The zero-order chi connectivity index (χ0) is 23.8. The molecule has 2 heterocycles. The molecule has 172 valence electrons. The maximum atomic E-state index is 13.3. The first-order valence-corrected chi connectivity index (χ1v) is 10.5. The van der Waals surface area contributed by atoms with Gasteiger partial charge in [-0.2, -0.15) is 23.4 Å². The van der Waals surface area contributed by atoms with Gasteiger partial charge in [-0.1, -0.05) is 32.4 Å². The average molecular weight is 471 g/mol. The van der Waals surface area contributed by atoms with Crippen molar-refractivity contribution in [2.45, 2.75) is 58.7 Å². The highest BCUT2D eigenvalue weighted by molar-refractivity contribution is 6.32. The lowest BCUT2D eigenvalue weighted by atomic mass is 9.98. The van der Waals surface area contributed by atoms with E-state index in [9.17, 15) is 22.4 Å². The molecule has 0 aliphatic carbocycles. The smallest absolute Gasteiger partial charge is 0.297 e. The second-order valence-electron chi connectivity index (χ2n) is 7.86. The predicted octanol–water partition coefficient (Wildman–Crippen LogP) is 6.07. The van der Waals surface area contributed by atoms with E-state index >= 15 is 0 Å².